The lowest BCUT2D eigenvalue weighted by atomic mass is 9.93. The third-order valence-electron chi connectivity index (χ3n) is 4.74. The summed E-state index contributed by atoms with van der Waals surface area (Å²) in [4.78, 5) is 20.1. The molecule has 4 rings (SSSR count). The van der Waals surface area contributed by atoms with Crippen molar-refractivity contribution in [2.75, 3.05) is 0 Å². The van der Waals surface area contributed by atoms with E-state index in [9.17, 15) is 4.79 Å². The zero-order valence-electron chi connectivity index (χ0n) is 13.7. The molecule has 1 amide bonds. The van der Waals surface area contributed by atoms with E-state index in [1.165, 1.54) is 11.3 Å². The maximum atomic E-state index is 12.3. The maximum Gasteiger partial charge on any atom is 0.220 e. The summed E-state index contributed by atoms with van der Waals surface area (Å²) in [7, 11) is 1.96. The molecule has 6 nitrogen and oxygen atoms in total. The van der Waals surface area contributed by atoms with Crippen LogP contribution in [0.25, 0.3) is 11.0 Å². The van der Waals surface area contributed by atoms with Crippen LogP contribution in [0.3, 0.4) is 0 Å². The molecule has 0 spiro atoms. The lowest BCUT2D eigenvalue weighted by Crippen LogP contribution is -2.31. The molecule has 0 bridgehead atoms. The highest BCUT2D eigenvalue weighted by atomic mass is 16.1. The topological polar surface area (TPSA) is 75.6 Å². The van der Waals surface area contributed by atoms with Crippen molar-refractivity contribution in [2.24, 2.45) is 7.05 Å². The van der Waals surface area contributed by atoms with Gasteiger partial charge in [-0.05, 0) is 31.4 Å². The molecule has 0 aliphatic heterocycles. The van der Waals surface area contributed by atoms with Crippen LogP contribution in [0.15, 0.2) is 30.5 Å². The summed E-state index contributed by atoms with van der Waals surface area (Å²) in [6, 6.07) is 8.00. The van der Waals surface area contributed by atoms with Gasteiger partial charge in [0, 0.05) is 31.1 Å². The summed E-state index contributed by atoms with van der Waals surface area (Å²) >= 11 is 0. The molecule has 1 aromatic carbocycles. The van der Waals surface area contributed by atoms with Crippen molar-refractivity contribution in [3.63, 3.8) is 0 Å². The largest absolute Gasteiger partial charge is 0.349 e. The second-order valence-electron chi connectivity index (χ2n) is 6.38. The molecule has 0 unspecified atom stereocenters. The quantitative estimate of drug-likeness (QED) is 0.774. The van der Waals surface area contributed by atoms with Crippen molar-refractivity contribution in [2.45, 2.75) is 38.1 Å². The van der Waals surface area contributed by atoms with Crippen LogP contribution >= 0.6 is 0 Å². The Morgan fingerprint density at radius 3 is 3.17 bits per heavy atom. The Hall–Kier alpha value is -2.63. The Morgan fingerprint density at radius 1 is 1.42 bits per heavy atom. The highest BCUT2D eigenvalue weighted by Crippen LogP contribution is 2.29. The van der Waals surface area contributed by atoms with Gasteiger partial charge in [-0.15, -0.1) is 0 Å². The standard InChI is InChI=1S/C18H21N5O/c1-23-16-8-4-7-13(12(16)11-19-23)22-18(24)10-9-17-20-14-5-2-3-6-15(14)21-17/h2-3,5-6,11,13H,4,7-10H2,1H3,(H,20,21)(H,22,24)/t13-/m1/s1. The number of rotatable bonds is 4. The van der Waals surface area contributed by atoms with E-state index in [-0.39, 0.29) is 11.9 Å². The summed E-state index contributed by atoms with van der Waals surface area (Å²) in [6.45, 7) is 0. The van der Waals surface area contributed by atoms with Crippen molar-refractivity contribution in [1.82, 2.24) is 25.1 Å². The Balaban J connectivity index is 1.39. The normalized spacial score (nSPS) is 17.0. The molecule has 2 N–H and O–H groups in total. The minimum Gasteiger partial charge on any atom is -0.349 e. The first-order valence-corrected chi connectivity index (χ1v) is 8.44. The number of carbonyl (C=O) groups is 1. The number of aromatic amines is 1. The van der Waals surface area contributed by atoms with Crippen LogP contribution in [-0.2, 0) is 24.7 Å². The molecule has 2 heterocycles. The van der Waals surface area contributed by atoms with Gasteiger partial charge in [-0.1, -0.05) is 12.1 Å². The minimum atomic E-state index is 0.0668. The van der Waals surface area contributed by atoms with E-state index in [2.05, 4.69) is 20.4 Å². The number of carbonyl (C=O) groups excluding carboxylic acids is 1. The Morgan fingerprint density at radius 2 is 2.29 bits per heavy atom. The third kappa shape index (κ3) is 2.79. The number of aromatic nitrogens is 4. The van der Waals surface area contributed by atoms with Crippen LogP contribution in [0.4, 0.5) is 0 Å². The van der Waals surface area contributed by atoms with Gasteiger partial charge in [-0.25, -0.2) is 4.98 Å². The van der Waals surface area contributed by atoms with E-state index in [1.807, 2.05) is 42.2 Å². The molecule has 1 aliphatic carbocycles. The number of hydrogen-bond acceptors (Lipinski definition) is 3. The van der Waals surface area contributed by atoms with Crippen LogP contribution in [-0.4, -0.2) is 25.7 Å². The van der Waals surface area contributed by atoms with Gasteiger partial charge in [0.05, 0.1) is 23.3 Å². The summed E-state index contributed by atoms with van der Waals surface area (Å²) in [5, 5.41) is 7.48. The lowest BCUT2D eigenvalue weighted by molar-refractivity contribution is -0.121. The van der Waals surface area contributed by atoms with E-state index in [0.717, 1.165) is 36.1 Å². The van der Waals surface area contributed by atoms with E-state index < -0.39 is 0 Å². The van der Waals surface area contributed by atoms with E-state index >= 15 is 0 Å². The van der Waals surface area contributed by atoms with Crippen LogP contribution in [0, 0.1) is 0 Å². The van der Waals surface area contributed by atoms with Crippen LogP contribution in [0.1, 0.15) is 42.4 Å². The van der Waals surface area contributed by atoms with Gasteiger partial charge < -0.3 is 10.3 Å². The predicted octanol–water partition coefficient (Wildman–Crippen LogP) is 2.42. The highest BCUT2D eigenvalue weighted by Gasteiger charge is 2.24. The van der Waals surface area contributed by atoms with Crippen molar-refractivity contribution < 1.29 is 4.79 Å². The van der Waals surface area contributed by atoms with Crippen molar-refractivity contribution in [3.05, 3.63) is 47.5 Å². The molecule has 3 aromatic rings. The third-order valence-corrected chi connectivity index (χ3v) is 4.74. The van der Waals surface area contributed by atoms with Gasteiger partial charge in [-0.3, -0.25) is 9.48 Å². The number of H-pyrrole nitrogens is 1. The van der Waals surface area contributed by atoms with E-state index in [4.69, 9.17) is 0 Å². The second kappa shape index (κ2) is 6.11. The first-order chi connectivity index (χ1) is 11.7. The number of para-hydroxylation sites is 2. The fraction of sp³-hybridized carbons (Fsp3) is 0.389. The molecule has 0 saturated heterocycles. The lowest BCUT2D eigenvalue weighted by Gasteiger charge is -2.23. The highest BCUT2D eigenvalue weighted by molar-refractivity contribution is 5.77. The summed E-state index contributed by atoms with van der Waals surface area (Å²) in [5.74, 6) is 0.925. The number of nitrogens with one attached hydrogen (secondary N) is 2. The monoisotopic (exact) mass is 323 g/mol. The van der Waals surface area contributed by atoms with Crippen molar-refractivity contribution in [3.8, 4) is 0 Å². The average Bonchev–Trinajstić information content (AvgIpc) is 3.17. The molecule has 1 atom stereocenters. The second-order valence-corrected chi connectivity index (χ2v) is 6.38. The minimum absolute atomic E-state index is 0.0668. The van der Waals surface area contributed by atoms with Crippen LogP contribution in [0.5, 0.6) is 0 Å². The van der Waals surface area contributed by atoms with Gasteiger partial charge in [0.15, 0.2) is 0 Å². The number of aryl methyl sites for hydroxylation is 2. The SMILES string of the molecule is Cn1ncc2c1CCC[C@H]2NC(=O)CCc1nc2ccccc2[nH]1. The zero-order chi connectivity index (χ0) is 16.5. The molecular formula is C18H21N5O. The number of nitrogens with zero attached hydrogens (tertiary/aromatic N) is 3. The van der Waals surface area contributed by atoms with Crippen LogP contribution in [0.2, 0.25) is 0 Å². The van der Waals surface area contributed by atoms with Crippen LogP contribution < -0.4 is 5.32 Å². The number of imidazole rings is 1. The Labute approximate surface area is 140 Å². The Kier molecular flexibility index (Phi) is 3.80. The molecule has 1 aliphatic rings. The Bertz CT molecular complexity index is 846. The molecule has 24 heavy (non-hydrogen) atoms. The molecular weight excluding hydrogens is 302 g/mol. The van der Waals surface area contributed by atoms with Crippen molar-refractivity contribution in [1.29, 1.82) is 0 Å². The first kappa shape index (κ1) is 14.9. The number of benzene rings is 1. The number of amides is 1. The van der Waals surface area contributed by atoms with E-state index in [1.54, 1.807) is 0 Å². The fourth-order valence-electron chi connectivity index (χ4n) is 3.48. The fourth-order valence-corrected chi connectivity index (χ4v) is 3.48. The summed E-state index contributed by atoms with van der Waals surface area (Å²) in [6.07, 6.45) is 6.05. The molecule has 0 radical (unpaired) electrons. The van der Waals surface area contributed by atoms with Crippen molar-refractivity contribution >= 4 is 16.9 Å². The molecule has 0 saturated carbocycles. The molecule has 6 heteroatoms. The maximum absolute atomic E-state index is 12.3. The molecule has 2 aromatic heterocycles. The number of hydrogen-bond donors (Lipinski definition) is 2. The molecule has 0 fully saturated rings. The summed E-state index contributed by atoms with van der Waals surface area (Å²) in [5.41, 5.74) is 4.37. The van der Waals surface area contributed by atoms with Gasteiger partial charge in [0.1, 0.15) is 5.82 Å². The average molecular weight is 323 g/mol. The van der Waals surface area contributed by atoms with Gasteiger partial charge in [0.25, 0.3) is 0 Å². The van der Waals surface area contributed by atoms with E-state index in [0.29, 0.717) is 12.8 Å². The smallest absolute Gasteiger partial charge is 0.220 e. The predicted molar refractivity (Wildman–Crippen MR) is 91.4 cm³/mol. The number of fused-ring (bicyclic) bond motifs is 2. The van der Waals surface area contributed by atoms with Gasteiger partial charge in [0.2, 0.25) is 5.91 Å². The van der Waals surface area contributed by atoms with Gasteiger partial charge >= 0.3 is 0 Å². The summed E-state index contributed by atoms with van der Waals surface area (Å²) < 4.78 is 1.92. The first-order valence-electron chi connectivity index (χ1n) is 8.44. The van der Waals surface area contributed by atoms with Gasteiger partial charge in [-0.2, -0.15) is 5.10 Å². The molecule has 124 valence electrons. The zero-order valence-corrected chi connectivity index (χ0v) is 13.7.